The summed E-state index contributed by atoms with van der Waals surface area (Å²) in [7, 11) is 0. The van der Waals surface area contributed by atoms with Gasteiger partial charge in [0.25, 0.3) is 0 Å². The molecule has 4 nitrogen and oxygen atoms in total. The SMILES string of the molecule is N#Cc1ccc2[nH]cnc2c1C=O. The highest BCUT2D eigenvalue weighted by Crippen LogP contribution is 2.16. The van der Waals surface area contributed by atoms with Crippen molar-refractivity contribution in [2.75, 3.05) is 0 Å². The Morgan fingerprint density at radius 1 is 1.54 bits per heavy atom. The van der Waals surface area contributed by atoms with E-state index >= 15 is 0 Å². The van der Waals surface area contributed by atoms with E-state index in [1.54, 1.807) is 12.1 Å². The second-order valence-electron chi connectivity index (χ2n) is 2.56. The van der Waals surface area contributed by atoms with Gasteiger partial charge in [-0.3, -0.25) is 4.79 Å². The number of hydrogen-bond donors (Lipinski definition) is 1. The lowest BCUT2D eigenvalue weighted by atomic mass is 10.1. The van der Waals surface area contributed by atoms with Crippen molar-refractivity contribution in [2.24, 2.45) is 0 Å². The molecule has 0 saturated carbocycles. The zero-order valence-electron chi connectivity index (χ0n) is 6.61. The average molecular weight is 171 g/mol. The third kappa shape index (κ3) is 0.983. The zero-order chi connectivity index (χ0) is 9.26. The second kappa shape index (κ2) is 2.72. The van der Waals surface area contributed by atoms with Gasteiger partial charge in [-0.25, -0.2) is 4.98 Å². The van der Waals surface area contributed by atoms with E-state index in [1.165, 1.54) is 6.33 Å². The summed E-state index contributed by atoms with van der Waals surface area (Å²) < 4.78 is 0. The summed E-state index contributed by atoms with van der Waals surface area (Å²) in [5, 5.41) is 8.70. The minimum atomic E-state index is 0.348. The van der Waals surface area contributed by atoms with Crippen LogP contribution < -0.4 is 0 Å². The number of H-pyrrole nitrogens is 1. The Morgan fingerprint density at radius 2 is 2.38 bits per heavy atom. The third-order valence-electron chi connectivity index (χ3n) is 1.87. The van der Waals surface area contributed by atoms with Crippen LogP contribution in [0.1, 0.15) is 15.9 Å². The Balaban J connectivity index is 2.91. The summed E-state index contributed by atoms with van der Waals surface area (Å²) in [5.74, 6) is 0. The molecular weight excluding hydrogens is 166 g/mol. The number of aromatic nitrogens is 2. The monoisotopic (exact) mass is 171 g/mol. The van der Waals surface area contributed by atoms with Gasteiger partial charge in [-0.1, -0.05) is 0 Å². The molecule has 0 aliphatic heterocycles. The van der Waals surface area contributed by atoms with Crippen molar-refractivity contribution < 1.29 is 4.79 Å². The van der Waals surface area contributed by atoms with Crippen molar-refractivity contribution in [1.82, 2.24) is 9.97 Å². The summed E-state index contributed by atoms with van der Waals surface area (Å²) in [6, 6.07) is 5.27. The van der Waals surface area contributed by atoms with Gasteiger partial charge in [0.15, 0.2) is 6.29 Å². The summed E-state index contributed by atoms with van der Waals surface area (Å²) in [6.45, 7) is 0. The van der Waals surface area contributed by atoms with Crippen LogP contribution in [0.4, 0.5) is 0 Å². The molecule has 0 bridgehead atoms. The summed E-state index contributed by atoms with van der Waals surface area (Å²) >= 11 is 0. The standard InChI is InChI=1S/C9H5N3O/c10-3-6-1-2-8-9(7(6)4-13)12-5-11-8/h1-2,4-5H,(H,11,12). The van der Waals surface area contributed by atoms with Gasteiger partial charge in [0.05, 0.1) is 29.0 Å². The number of carbonyl (C=O) groups excluding carboxylic acids is 1. The van der Waals surface area contributed by atoms with Gasteiger partial charge in [0, 0.05) is 0 Å². The lowest BCUT2D eigenvalue weighted by Gasteiger charge is -1.94. The van der Waals surface area contributed by atoms with Crippen molar-refractivity contribution in [3.63, 3.8) is 0 Å². The zero-order valence-corrected chi connectivity index (χ0v) is 6.61. The maximum atomic E-state index is 10.7. The first-order chi connectivity index (χ1) is 6.36. The highest BCUT2D eigenvalue weighted by atomic mass is 16.1. The number of nitrogens with one attached hydrogen (secondary N) is 1. The Kier molecular flexibility index (Phi) is 1.57. The van der Waals surface area contributed by atoms with Gasteiger partial charge in [-0.05, 0) is 12.1 Å². The number of rotatable bonds is 1. The molecule has 0 unspecified atom stereocenters. The molecule has 0 spiro atoms. The first-order valence-corrected chi connectivity index (χ1v) is 3.68. The molecule has 0 saturated heterocycles. The molecule has 1 N–H and O–H groups in total. The van der Waals surface area contributed by atoms with E-state index in [-0.39, 0.29) is 0 Å². The van der Waals surface area contributed by atoms with E-state index in [9.17, 15) is 4.79 Å². The van der Waals surface area contributed by atoms with Crippen LogP contribution in [0, 0.1) is 11.3 Å². The quantitative estimate of drug-likeness (QED) is 0.656. The van der Waals surface area contributed by atoms with Crippen LogP contribution in [0.15, 0.2) is 18.5 Å². The molecule has 0 atom stereocenters. The van der Waals surface area contributed by atoms with E-state index in [0.717, 1.165) is 5.52 Å². The van der Waals surface area contributed by atoms with Crippen LogP contribution in [0.3, 0.4) is 0 Å². The van der Waals surface area contributed by atoms with E-state index in [4.69, 9.17) is 5.26 Å². The number of imidazole rings is 1. The number of nitrogens with zero attached hydrogens (tertiary/aromatic N) is 2. The Labute approximate surface area is 73.8 Å². The number of carbonyl (C=O) groups is 1. The minimum Gasteiger partial charge on any atom is -0.345 e. The van der Waals surface area contributed by atoms with Crippen molar-refractivity contribution in [1.29, 1.82) is 5.26 Å². The number of benzene rings is 1. The number of nitriles is 1. The van der Waals surface area contributed by atoms with Gasteiger partial charge in [0.2, 0.25) is 0 Å². The van der Waals surface area contributed by atoms with E-state index in [2.05, 4.69) is 9.97 Å². The molecule has 0 aliphatic carbocycles. The van der Waals surface area contributed by atoms with Crippen molar-refractivity contribution in [3.05, 3.63) is 29.6 Å². The average Bonchev–Trinajstić information content (AvgIpc) is 2.63. The molecule has 13 heavy (non-hydrogen) atoms. The lowest BCUT2D eigenvalue weighted by Crippen LogP contribution is -1.88. The van der Waals surface area contributed by atoms with Gasteiger partial charge in [-0.2, -0.15) is 5.26 Å². The molecule has 0 radical (unpaired) electrons. The van der Waals surface area contributed by atoms with Crippen molar-refractivity contribution in [3.8, 4) is 6.07 Å². The van der Waals surface area contributed by atoms with Gasteiger partial charge >= 0.3 is 0 Å². The smallest absolute Gasteiger partial charge is 0.153 e. The Bertz CT molecular complexity index is 507. The van der Waals surface area contributed by atoms with Crippen LogP contribution in [0.25, 0.3) is 11.0 Å². The minimum absolute atomic E-state index is 0.348. The molecule has 4 heteroatoms. The predicted molar refractivity (Wildman–Crippen MR) is 46.2 cm³/mol. The van der Waals surface area contributed by atoms with Crippen LogP contribution >= 0.6 is 0 Å². The highest BCUT2D eigenvalue weighted by molar-refractivity contribution is 5.96. The number of aromatic amines is 1. The molecule has 0 fully saturated rings. The van der Waals surface area contributed by atoms with Crippen molar-refractivity contribution in [2.45, 2.75) is 0 Å². The van der Waals surface area contributed by atoms with Gasteiger partial charge in [0.1, 0.15) is 5.52 Å². The predicted octanol–water partition coefficient (Wildman–Crippen LogP) is 1.25. The summed E-state index contributed by atoms with van der Waals surface area (Å²) in [4.78, 5) is 17.5. The van der Waals surface area contributed by atoms with E-state index < -0.39 is 0 Å². The molecule has 0 aliphatic rings. The van der Waals surface area contributed by atoms with E-state index in [1.807, 2.05) is 6.07 Å². The molecule has 1 aromatic heterocycles. The number of fused-ring (bicyclic) bond motifs is 1. The number of aldehydes is 1. The lowest BCUT2D eigenvalue weighted by molar-refractivity contribution is 0.112. The fraction of sp³-hybridized carbons (Fsp3) is 0. The number of hydrogen-bond acceptors (Lipinski definition) is 3. The molecular formula is C9H5N3O. The Hall–Kier alpha value is -2.15. The molecule has 2 rings (SSSR count). The van der Waals surface area contributed by atoms with Crippen LogP contribution in [-0.4, -0.2) is 16.3 Å². The van der Waals surface area contributed by atoms with Crippen molar-refractivity contribution >= 4 is 17.3 Å². The second-order valence-corrected chi connectivity index (χ2v) is 2.56. The van der Waals surface area contributed by atoms with Crippen LogP contribution in [-0.2, 0) is 0 Å². The molecule has 0 amide bonds. The molecule has 62 valence electrons. The maximum Gasteiger partial charge on any atom is 0.153 e. The molecule has 1 heterocycles. The third-order valence-corrected chi connectivity index (χ3v) is 1.87. The molecule has 2 aromatic rings. The fourth-order valence-electron chi connectivity index (χ4n) is 1.25. The van der Waals surface area contributed by atoms with Crippen LogP contribution in [0.5, 0.6) is 0 Å². The molecule has 1 aromatic carbocycles. The summed E-state index contributed by atoms with van der Waals surface area (Å²) in [6.07, 6.45) is 2.15. The van der Waals surface area contributed by atoms with Crippen LogP contribution in [0.2, 0.25) is 0 Å². The Morgan fingerprint density at radius 3 is 3.08 bits per heavy atom. The maximum absolute atomic E-state index is 10.7. The van der Waals surface area contributed by atoms with E-state index in [0.29, 0.717) is 22.9 Å². The highest BCUT2D eigenvalue weighted by Gasteiger charge is 2.07. The van der Waals surface area contributed by atoms with Gasteiger partial charge in [-0.15, -0.1) is 0 Å². The fourth-order valence-corrected chi connectivity index (χ4v) is 1.25. The van der Waals surface area contributed by atoms with Gasteiger partial charge < -0.3 is 4.98 Å². The summed E-state index contributed by atoms with van der Waals surface area (Å²) in [5.41, 5.74) is 2.02. The largest absolute Gasteiger partial charge is 0.345 e. The first-order valence-electron chi connectivity index (χ1n) is 3.68. The normalized spacial score (nSPS) is 9.77. The topological polar surface area (TPSA) is 69.5 Å². The first kappa shape index (κ1) is 7.50.